The lowest BCUT2D eigenvalue weighted by Gasteiger charge is -2.24. The fourth-order valence-electron chi connectivity index (χ4n) is 2.93. The number of alkyl halides is 3. The second kappa shape index (κ2) is 8.65. The zero-order valence-corrected chi connectivity index (χ0v) is 15.4. The van der Waals surface area contributed by atoms with E-state index in [0.29, 0.717) is 16.7 Å². The molecule has 0 unspecified atom stereocenters. The number of rotatable bonds is 6. The van der Waals surface area contributed by atoms with Crippen LogP contribution >= 0.6 is 0 Å². The van der Waals surface area contributed by atoms with Crippen LogP contribution in [0.25, 0.3) is 5.69 Å². The van der Waals surface area contributed by atoms with E-state index in [4.69, 9.17) is 5.26 Å². The quantitative estimate of drug-likeness (QED) is 0.616. The smallest absolute Gasteiger partial charge is 0.329 e. The molecule has 0 saturated heterocycles. The van der Waals surface area contributed by atoms with Crippen molar-refractivity contribution in [3.8, 4) is 11.8 Å². The summed E-state index contributed by atoms with van der Waals surface area (Å²) in [6.07, 6.45) is -0.871. The van der Waals surface area contributed by atoms with Gasteiger partial charge >= 0.3 is 6.18 Å². The molecule has 3 rings (SSSR count). The molecule has 4 nitrogen and oxygen atoms in total. The number of hydrogen-bond acceptors (Lipinski definition) is 2. The molecule has 29 heavy (non-hydrogen) atoms. The molecule has 1 heterocycles. The zero-order chi connectivity index (χ0) is 20.9. The Morgan fingerprint density at radius 1 is 0.966 bits per heavy atom. The minimum Gasteiger partial charge on any atom is -0.329 e. The van der Waals surface area contributed by atoms with E-state index >= 15 is 0 Å². The largest absolute Gasteiger partial charge is 0.406 e. The van der Waals surface area contributed by atoms with E-state index < -0.39 is 18.6 Å². The second-order valence-electron chi connectivity index (χ2n) is 6.61. The minimum absolute atomic E-state index is 0.127. The van der Waals surface area contributed by atoms with Gasteiger partial charge in [0.25, 0.3) is 0 Å². The molecular weight excluding hydrogens is 379 g/mol. The van der Waals surface area contributed by atoms with Gasteiger partial charge in [0.1, 0.15) is 6.54 Å². The summed E-state index contributed by atoms with van der Waals surface area (Å²) in [5.41, 5.74) is 2.48. The van der Waals surface area contributed by atoms with Crippen LogP contribution in [0.15, 0.2) is 73.1 Å². The van der Waals surface area contributed by atoms with Crippen LogP contribution in [-0.4, -0.2) is 28.1 Å². The molecule has 1 amide bonds. The van der Waals surface area contributed by atoms with Crippen LogP contribution in [0.1, 0.15) is 16.7 Å². The van der Waals surface area contributed by atoms with Gasteiger partial charge in [0.15, 0.2) is 0 Å². The van der Waals surface area contributed by atoms with Crippen molar-refractivity contribution in [2.45, 2.75) is 19.1 Å². The van der Waals surface area contributed by atoms with Crippen LogP contribution in [0.3, 0.4) is 0 Å². The molecule has 0 fully saturated rings. The van der Waals surface area contributed by atoms with Gasteiger partial charge in [0.2, 0.25) is 5.91 Å². The van der Waals surface area contributed by atoms with Gasteiger partial charge < -0.3 is 9.47 Å². The number of carbonyl (C=O) groups excluding carboxylic acids is 1. The summed E-state index contributed by atoms with van der Waals surface area (Å²) in [5, 5.41) is 8.83. The summed E-state index contributed by atoms with van der Waals surface area (Å²) in [6.45, 7) is -1.50. The van der Waals surface area contributed by atoms with E-state index in [2.05, 4.69) is 0 Å². The molecule has 2 aromatic carbocycles. The topological polar surface area (TPSA) is 49.0 Å². The molecule has 148 valence electrons. The SMILES string of the molecule is N#Cc1ccc(CN(CC(F)(F)F)C(=O)Cc2ccc(-n3cccc3)cc2)cc1. The highest BCUT2D eigenvalue weighted by molar-refractivity contribution is 5.79. The average molecular weight is 397 g/mol. The Labute approximate surface area is 166 Å². The first kappa shape index (κ1) is 20.2. The molecule has 0 saturated carbocycles. The van der Waals surface area contributed by atoms with Gasteiger partial charge in [0, 0.05) is 24.6 Å². The number of hydrogen-bond donors (Lipinski definition) is 0. The maximum atomic E-state index is 13.0. The van der Waals surface area contributed by atoms with E-state index in [9.17, 15) is 18.0 Å². The maximum absolute atomic E-state index is 13.0. The Morgan fingerprint density at radius 3 is 2.10 bits per heavy atom. The van der Waals surface area contributed by atoms with Gasteiger partial charge in [-0.15, -0.1) is 0 Å². The molecule has 3 aromatic rings. The molecule has 0 radical (unpaired) electrons. The van der Waals surface area contributed by atoms with E-state index in [0.717, 1.165) is 10.6 Å². The van der Waals surface area contributed by atoms with Crippen molar-refractivity contribution in [3.63, 3.8) is 0 Å². The fraction of sp³-hybridized carbons (Fsp3) is 0.182. The van der Waals surface area contributed by atoms with Gasteiger partial charge in [-0.05, 0) is 47.5 Å². The Morgan fingerprint density at radius 2 is 1.55 bits per heavy atom. The van der Waals surface area contributed by atoms with Crippen LogP contribution in [0.5, 0.6) is 0 Å². The molecule has 0 aliphatic carbocycles. The van der Waals surface area contributed by atoms with Crippen molar-refractivity contribution in [2.75, 3.05) is 6.54 Å². The molecule has 1 aromatic heterocycles. The lowest BCUT2D eigenvalue weighted by Crippen LogP contribution is -2.39. The van der Waals surface area contributed by atoms with Crippen molar-refractivity contribution in [2.24, 2.45) is 0 Å². The molecule has 0 spiro atoms. The van der Waals surface area contributed by atoms with Gasteiger partial charge in [-0.3, -0.25) is 4.79 Å². The molecule has 0 bridgehead atoms. The zero-order valence-electron chi connectivity index (χ0n) is 15.4. The summed E-state index contributed by atoms with van der Waals surface area (Å²) in [4.78, 5) is 13.4. The molecular formula is C22H18F3N3O. The number of nitriles is 1. The van der Waals surface area contributed by atoms with Crippen molar-refractivity contribution in [1.82, 2.24) is 9.47 Å². The first-order chi connectivity index (χ1) is 13.8. The van der Waals surface area contributed by atoms with Crippen LogP contribution in [0, 0.1) is 11.3 Å². The highest BCUT2D eigenvalue weighted by Gasteiger charge is 2.33. The highest BCUT2D eigenvalue weighted by Crippen LogP contribution is 2.20. The molecule has 7 heteroatoms. The number of aromatic nitrogens is 1. The first-order valence-corrected chi connectivity index (χ1v) is 8.90. The molecule has 0 aliphatic heterocycles. The Bertz CT molecular complexity index is 986. The third-order valence-electron chi connectivity index (χ3n) is 4.37. The summed E-state index contributed by atoms with van der Waals surface area (Å²) in [7, 11) is 0. The van der Waals surface area contributed by atoms with Crippen LogP contribution < -0.4 is 0 Å². The lowest BCUT2D eigenvalue weighted by atomic mass is 10.1. The van der Waals surface area contributed by atoms with Gasteiger partial charge in [-0.2, -0.15) is 18.4 Å². The van der Waals surface area contributed by atoms with Crippen molar-refractivity contribution in [3.05, 3.63) is 89.7 Å². The lowest BCUT2D eigenvalue weighted by molar-refractivity contribution is -0.162. The number of carbonyl (C=O) groups is 1. The van der Waals surface area contributed by atoms with Crippen molar-refractivity contribution in [1.29, 1.82) is 5.26 Å². The molecule has 0 atom stereocenters. The summed E-state index contributed by atoms with van der Waals surface area (Å²) >= 11 is 0. The summed E-state index contributed by atoms with van der Waals surface area (Å²) < 4.78 is 40.9. The maximum Gasteiger partial charge on any atom is 0.406 e. The standard InChI is InChI=1S/C22H18F3N3O/c23-22(24,25)16-28(15-19-5-3-18(14-26)4-6-19)21(29)13-17-7-9-20(10-8-17)27-11-1-2-12-27/h1-12H,13,15-16H2. The Balaban J connectivity index is 1.72. The minimum atomic E-state index is -4.50. The normalized spacial score (nSPS) is 11.1. The van der Waals surface area contributed by atoms with E-state index in [1.165, 1.54) is 12.1 Å². The van der Waals surface area contributed by atoms with Gasteiger partial charge in [-0.25, -0.2) is 0 Å². The molecule has 0 aliphatic rings. The average Bonchev–Trinajstić information content (AvgIpc) is 3.22. The predicted molar refractivity (Wildman–Crippen MR) is 102 cm³/mol. The number of halogens is 3. The van der Waals surface area contributed by atoms with Crippen molar-refractivity contribution >= 4 is 5.91 Å². The van der Waals surface area contributed by atoms with Gasteiger partial charge in [-0.1, -0.05) is 24.3 Å². The predicted octanol–water partition coefficient (Wildman–Crippen LogP) is 4.48. The first-order valence-electron chi connectivity index (χ1n) is 8.90. The highest BCUT2D eigenvalue weighted by atomic mass is 19.4. The van der Waals surface area contributed by atoms with E-state index in [-0.39, 0.29) is 13.0 Å². The summed E-state index contributed by atoms with van der Waals surface area (Å²) in [5.74, 6) is -0.611. The second-order valence-corrected chi connectivity index (χ2v) is 6.61. The Hall–Kier alpha value is -3.53. The monoisotopic (exact) mass is 397 g/mol. The van der Waals surface area contributed by atoms with Crippen LogP contribution in [0.4, 0.5) is 13.2 Å². The number of nitrogens with zero attached hydrogens (tertiary/aromatic N) is 3. The summed E-state index contributed by atoms with van der Waals surface area (Å²) in [6, 6.07) is 19.0. The molecule has 0 N–H and O–H groups in total. The van der Waals surface area contributed by atoms with Crippen LogP contribution in [0.2, 0.25) is 0 Å². The van der Waals surface area contributed by atoms with E-state index in [1.807, 2.05) is 47.3 Å². The third kappa shape index (κ3) is 5.72. The number of benzene rings is 2. The third-order valence-corrected chi connectivity index (χ3v) is 4.37. The number of amides is 1. The van der Waals surface area contributed by atoms with Crippen LogP contribution in [-0.2, 0) is 17.8 Å². The van der Waals surface area contributed by atoms with E-state index in [1.54, 1.807) is 24.3 Å². The fourth-order valence-corrected chi connectivity index (χ4v) is 2.93. The Kier molecular flexibility index (Phi) is 6.03. The van der Waals surface area contributed by atoms with Crippen molar-refractivity contribution < 1.29 is 18.0 Å². The van der Waals surface area contributed by atoms with Gasteiger partial charge in [0.05, 0.1) is 18.1 Å².